The molecule has 0 radical (unpaired) electrons. The van der Waals surface area contributed by atoms with E-state index in [9.17, 15) is 26.3 Å². The van der Waals surface area contributed by atoms with E-state index >= 15 is 0 Å². The van der Waals surface area contributed by atoms with Gasteiger partial charge in [0, 0.05) is 17.1 Å². The summed E-state index contributed by atoms with van der Waals surface area (Å²) in [4.78, 5) is 3.45. The second-order valence-corrected chi connectivity index (χ2v) is 4.01. The largest absolute Gasteiger partial charge is 0.573 e. The molecule has 0 aliphatic carbocycles. The molecule has 1 aromatic rings. The minimum absolute atomic E-state index is 0.367. The Morgan fingerprint density at radius 3 is 2.25 bits per heavy atom. The zero-order chi connectivity index (χ0) is 15.6. The van der Waals surface area contributed by atoms with Crippen LogP contribution in [0.25, 0.3) is 0 Å². The fraction of sp³-hybridized carbons (Fsp3) is 0.400. The maximum Gasteiger partial charge on any atom is 0.573 e. The van der Waals surface area contributed by atoms with Crippen molar-refractivity contribution in [1.82, 2.24) is 4.98 Å². The van der Waals surface area contributed by atoms with Gasteiger partial charge in [-0.15, -0.1) is 13.2 Å². The van der Waals surface area contributed by atoms with Gasteiger partial charge >= 0.3 is 12.5 Å². The lowest BCUT2D eigenvalue weighted by molar-refractivity contribution is -0.276. The molecular formula is C10H5BrF6N2O. The highest BCUT2D eigenvalue weighted by Crippen LogP contribution is 2.42. The third-order valence-electron chi connectivity index (χ3n) is 2.08. The average molecular weight is 363 g/mol. The van der Waals surface area contributed by atoms with Gasteiger partial charge in [-0.2, -0.15) is 18.4 Å². The highest BCUT2D eigenvalue weighted by Gasteiger charge is 2.42. The molecule has 0 N–H and O–H groups in total. The summed E-state index contributed by atoms with van der Waals surface area (Å²) in [7, 11) is 0. The number of ether oxygens (including phenoxy) is 1. The first-order valence-corrected chi connectivity index (χ1v) is 5.99. The molecule has 0 bridgehead atoms. The molecule has 0 atom stereocenters. The molecule has 1 heterocycles. The van der Waals surface area contributed by atoms with Crippen molar-refractivity contribution >= 4 is 15.9 Å². The molecular weight excluding hydrogens is 358 g/mol. The van der Waals surface area contributed by atoms with Gasteiger partial charge in [-0.25, -0.2) is 0 Å². The van der Waals surface area contributed by atoms with Crippen LogP contribution in [0.2, 0.25) is 0 Å². The summed E-state index contributed by atoms with van der Waals surface area (Å²) in [6.45, 7) is 0. The summed E-state index contributed by atoms with van der Waals surface area (Å²) in [6.07, 6.45) is -10.4. The molecule has 0 spiro atoms. The number of halogens is 7. The number of nitriles is 1. The molecule has 0 aromatic carbocycles. The lowest BCUT2D eigenvalue weighted by atomic mass is 10.0. The Kier molecular flexibility index (Phi) is 4.86. The van der Waals surface area contributed by atoms with Crippen LogP contribution >= 0.6 is 15.9 Å². The minimum Gasteiger partial charge on any atom is -0.403 e. The van der Waals surface area contributed by atoms with Crippen molar-refractivity contribution in [3.05, 3.63) is 23.0 Å². The molecule has 10 heteroatoms. The molecule has 1 rings (SSSR count). The lowest BCUT2D eigenvalue weighted by Gasteiger charge is -2.19. The van der Waals surface area contributed by atoms with Crippen molar-refractivity contribution in [2.24, 2.45) is 0 Å². The first-order chi connectivity index (χ1) is 9.10. The van der Waals surface area contributed by atoms with Gasteiger partial charge < -0.3 is 4.74 Å². The smallest absolute Gasteiger partial charge is 0.403 e. The number of nitrogens with zero attached hydrogens (tertiary/aromatic N) is 2. The van der Waals surface area contributed by atoms with Crippen LogP contribution < -0.4 is 4.74 Å². The lowest BCUT2D eigenvalue weighted by Crippen LogP contribution is -2.23. The molecule has 1 aromatic heterocycles. The minimum atomic E-state index is -5.30. The number of alkyl halides is 7. The van der Waals surface area contributed by atoms with Gasteiger partial charge in [0.2, 0.25) is 0 Å². The Balaban J connectivity index is 3.57. The van der Waals surface area contributed by atoms with Crippen LogP contribution in [0.1, 0.15) is 16.8 Å². The highest BCUT2D eigenvalue weighted by molar-refractivity contribution is 9.08. The van der Waals surface area contributed by atoms with E-state index in [4.69, 9.17) is 5.26 Å². The monoisotopic (exact) mass is 362 g/mol. The third-order valence-corrected chi connectivity index (χ3v) is 2.61. The van der Waals surface area contributed by atoms with E-state index in [1.165, 1.54) is 6.07 Å². The van der Waals surface area contributed by atoms with Crippen molar-refractivity contribution in [2.45, 2.75) is 24.3 Å². The maximum atomic E-state index is 12.9. The van der Waals surface area contributed by atoms with Crippen molar-refractivity contribution in [3.63, 3.8) is 0 Å². The molecule has 110 valence electrons. The average Bonchev–Trinajstić information content (AvgIpc) is 2.25. The fourth-order valence-corrected chi connectivity index (χ4v) is 1.82. The van der Waals surface area contributed by atoms with Crippen molar-refractivity contribution in [2.75, 3.05) is 0 Å². The maximum absolute atomic E-state index is 12.9. The van der Waals surface area contributed by atoms with Gasteiger partial charge in [-0.1, -0.05) is 15.9 Å². The third kappa shape index (κ3) is 4.00. The van der Waals surface area contributed by atoms with E-state index in [0.717, 1.165) is 0 Å². The Morgan fingerprint density at radius 1 is 1.25 bits per heavy atom. The van der Waals surface area contributed by atoms with Crippen molar-refractivity contribution in [3.8, 4) is 11.8 Å². The number of aromatic nitrogens is 1. The highest BCUT2D eigenvalue weighted by atomic mass is 79.9. The number of pyridine rings is 1. The quantitative estimate of drug-likeness (QED) is 0.603. The molecule has 0 unspecified atom stereocenters. The van der Waals surface area contributed by atoms with Crippen LogP contribution in [0.4, 0.5) is 26.3 Å². The van der Waals surface area contributed by atoms with E-state index in [-0.39, 0.29) is 5.33 Å². The van der Waals surface area contributed by atoms with Gasteiger partial charge in [0.25, 0.3) is 0 Å². The van der Waals surface area contributed by atoms with Crippen LogP contribution in [-0.4, -0.2) is 11.3 Å². The molecule has 3 nitrogen and oxygen atoms in total. The van der Waals surface area contributed by atoms with Gasteiger partial charge in [0.05, 0.1) is 18.2 Å². The van der Waals surface area contributed by atoms with Gasteiger partial charge in [-0.3, -0.25) is 4.98 Å². The molecule has 0 saturated carbocycles. The van der Waals surface area contributed by atoms with Crippen LogP contribution in [-0.2, 0) is 17.9 Å². The van der Waals surface area contributed by atoms with E-state index < -0.39 is 41.5 Å². The first-order valence-electron chi connectivity index (χ1n) is 4.86. The molecule has 0 aliphatic rings. The molecule has 0 aliphatic heterocycles. The number of rotatable bonds is 3. The predicted octanol–water partition coefficient (Wildman–Crippen LogP) is 3.96. The van der Waals surface area contributed by atoms with E-state index in [1.807, 2.05) is 0 Å². The van der Waals surface area contributed by atoms with Crippen LogP contribution in [0.15, 0.2) is 6.20 Å². The summed E-state index contributed by atoms with van der Waals surface area (Å²) in [6, 6.07) is 1.44. The standard InChI is InChI=1S/C10H5BrF6N2O/c11-3-6-8(20-10(15,16)17)7(9(12,13)14)5(1-2-18)4-19-6/h4H,1,3H2. The Bertz CT molecular complexity index is 534. The summed E-state index contributed by atoms with van der Waals surface area (Å²) < 4.78 is 79.0. The van der Waals surface area contributed by atoms with Gasteiger partial charge in [0.15, 0.2) is 5.75 Å². The normalized spacial score (nSPS) is 12.1. The summed E-state index contributed by atoms with van der Waals surface area (Å²) >= 11 is 2.74. The Labute approximate surface area is 117 Å². The Morgan fingerprint density at radius 2 is 1.85 bits per heavy atom. The zero-order valence-corrected chi connectivity index (χ0v) is 11.0. The topological polar surface area (TPSA) is 45.9 Å². The van der Waals surface area contributed by atoms with E-state index in [2.05, 4.69) is 25.7 Å². The van der Waals surface area contributed by atoms with E-state index in [0.29, 0.717) is 6.20 Å². The molecule has 20 heavy (non-hydrogen) atoms. The second kappa shape index (κ2) is 5.87. The summed E-state index contributed by atoms with van der Waals surface area (Å²) in [5.41, 5.74) is -2.87. The van der Waals surface area contributed by atoms with Gasteiger partial charge in [0.1, 0.15) is 5.56 Å². The van der Waals surface area contributed by atoms with Crippen molar-refractivity contribution in [1.29, 1.82) is 5.26 Å². The fourth-order valence-electron chi connectivity index (χ4n) is 1.42. The predicted molar refractivity (Wildman–Crippen MR) is 57.9 cm³/mol. The molecule has 0 saturated heterocycles. The van der Waals surface area contributed by atoms with E-state index in [1.54, 1.807) is 0 Å². The SMILES string of the molecule is N#CCc1cnc(CBr)c(OC(F)(F)F)c1C(F)(F)F. The van der Waals surface area contributed by atoms with Crippen LogP contribution in [0.5, 0.6) is 5.75 Å². The Hall–Kier alpha value is -1.50. The van der Waals surface area contributed by atoms with Gasteiger partial charge in [-0.05, 0) is 0 Å². The number of hydrogen-bond acceptors (Lipinski definition) is 3. The van der Waals surface area contributed by atoms with Crippen molar-refractivity contribution < 1.29 is 31.1 Å². The van der Waals surface area contributed by atoms with Crippen LogP contribution in [0, 0.1) is 11.3 Å². The number of hydrogen-bond donors (Lipinski definition) is 0. The summed E-state index contributed by atoms with van der Waals surface area (Å²) in [5, 5.41) is 8.08. The zero-order valence-electron chi connectivity index (χ0n) is 9.44. The first kappa shape index (κ1) is 16.6. The second-order valence-electron chi connectivity index (χ2n) is 3.45. The summed E-state index contributed by atoms with van der Waals surface area (Å²) in [5.74, 6) is -1.44. The molecule has 0 amide bonds. The molecule has 0 fully saturated rings. The van der Waals surface area contributed by atoms with Crippen LogP contribution in [0.3, 0.4) is 0 Å².